The normalized spacial score (nSPS) is 10.7. The second-order valence-corrected chi connectivity index (χ2v) is 10.6. The molecule has 204 valence electrons. The molecule has 2 aromatic heterocycles. The van der Waals surface area contributed by atoms with Crippen LogP contribution in [-0.4, -0.2) is 21.5 Å². The summed E-state index contributed by atoms with van der Waals surface area (Å²) >= 11 is 23.5. The van der Waals surface area contributed by atoms with Crippen LogP contribution in [0.2, 0.25) is 20.6 Å². The summed E-state index contributed by atoms with van der Waals surface area (Å²) in [5.74, 6) is 0.261. The van der Waals surface area contributed by atoms with Gasteiger partial charge >= 0.3 is 5.97 Å². The van der Waals surface area contributed by atoms with Crippen molar-refractivity contribution in [3.63, 3.8) is 0 Å². The van der Waals surface area contributed by atoms with Gasteiger partial charge in [0, 0.05) is 18.2 Å². The zero-order chi connectivity index (χ0) is 28.4. The van der Waals surface area contributed by atoms with E-state index in [9.17, 15) is 4.79 Å². The standard InChI is InChI=1S/C17H17Cl2NO3.C12H9Cl2NO/c1-17(2,3)23-16(21)14-12(9-13(18)20-15(14)19)22-10-11-7-5-4-6-8-11;13-11-6-10(7-12(14)15-11)16-8-9-4-2-1-3-5-9/h4-9H,10H2,1-3H3;1-7H,8H2. The lowest BCUT2D eigenvalue weighted by Gasteiger charge is -2.21. The molecule has 0 bridgehead atoms. The maximum atomic E-state index is 12.4. The van der Waals surface area contributed by atoms with Crippen molar-refractivity contribution in [3.8, 4) is 11.5 Å². The third-order valence-corrected chi connectivity index (χ3v) is 5.59. The van der Waals surface area contributed by atoms with E-state index in [4.69, 9.17) is 60.6 Å². The maximum Gasteiger partial charge on any atom is 0.345 e. The van der Waals surface area contributed by atoms with Gasteiger partial charge in [0.15, 0.2) is 0 Å². The molecule has 0 radical (unpaired) electrons. The molecule has 0 unspecified atom stereocenters. The fraction of sp³-hybridized carbons (Fsp3) is 0.207. The average Bonchev–Trinajstić information content (AvgIpc) is 2.86. The predicted octanol–water partition coefficient (Wildman–Crippen LogP) is 8.89. The molecule has 2 heterocycles. The highest BCUT2D eigenvalue weighted by Crippen LogP contribution is 2.31. The van der Waals surface area contributed by atoms with Gasteiger partial charge in [0.25, 0.3) is 0 Å². The molecule has 0 aliphatic carbocycles. The molecule has 0 saturated heterocycles. The monoisotopic (exact) mass is 606 g/mol. The minimum atomic E-state index is -0.656. The van der Waals surface area contributed by atoms with Gasteiger partial charge < -0.3 is 14.2 Å². The molecular weight excluding hydrogens is 582 g/mol. The minimum absolute atomic E-state index is 0.0465. The number of pyridine rings is 2. The van der Waals surface area contributed by atoms with Gasteiger partial charge in [-0.25, -0.2) is 14.8 Å². The number of nitrogens with zero attached hydrogens (tertiary/aromatic N) is 2. The van der Waals surface area contributed by atoms with E-state index >= 15 is 0 Å². The Kier molecular flexibility index (Phi) is 11.3. The molecule has 0 saturated carbocycles. The van der Waals surface area contributed by atoms with Crippen LogP contribution in [0.3, 0.4) is 0 Å². The van der Waals surface area contributed by atoms with Gasteiger partial charge in [0.05, 0.1) is 0 Å². The fourth-order valence-corrected chi connectivity index (χ4v) is 4.02. The molecule has 4 rings (SSSR count). The van der Waals surface area contributed by atoms with Crippen molar-refractivity contribution in [2.45, 2.75) is 39.6 Å². The summed E-state index contributed by atoms with van der Waals surface area (Å²) in [6.07, 6.45) is 0. The molecule has 0 aliphatic heterocycles. The number of rotatable bonds is 7. The molecular formula is C29H26Cl4N2O4. The first-order valence-corrected chi connectivity index (χ1v) is 13.3. The van der Waals surface area contributed by atoms with E-state index in [1.165, 1.54) is 6.07 Å². The Morgan fingerprint density at radius 1 is 0.718 bits per heavy atom. The highest BCUT2D eigenvalue weighted by molar-refractivity contribution is 6.35. The van der Waals surface area contributed by atoms with Crippen LogP contribution in [0.5, 0.6) is 11.5 Å². The molecule has 0 spiro atoms. The van der Waals surface area contributed by atoms with Gasteiger partial charge in [0.1, 0.15) is 56.5 Å². The lowest BCUT2D eigenvalue weighted by atomic mass is 10.2. The second-order valence-electron chi connectivity index (χ2n) is 9.11. The summed E-state index contributed by atoms with van der Waals surface area (Å²) < 4.78 is 16.6. The van der Waals surface area contributed by atoms with Crippen molar-refractivity contribution in [1.29, 1.82) is 0 Å². The Morgan fingerprint density at radius 3 is 1.72 bits per heavy atom. The Morgan fingerprint density at radius 2 is 1.21 bits per heavy atom. The van der Waals surface area contributed by atoms with Gasteiger partial charge in [-0.15, -0.1) is 0 Å². The van der Waals surface area contributed by atoms with Crippen molar-refractivity contribution < 1.29 is 19.0 Å². The van der Waals surface area contributed by atoms with Gasteiger partial charge in [-0.05, 0) is 31.9 Å². The van der Waals surface area contributed by atoms with Crippen LogP contribution < -0.4 is 9.47 Å². The smallest absolute Gasteiger partial charge is 0.345 e. The van der Waals surface area contributed by atoms with Crippen LogP contribution in [0.25, 0.3) is 0 Å². The number of aromatic nitrogens is 2. The largest absolute Gasteiger partial charge is 0.489 e. The molecule has 0 fully saturated rings. The van der Waals surface area contributed by atoms with Crippen molar-refractivity contribution in [1.82, 2.24) is 9.97 Å². The number of carbonyl (C=O) groups is 1. The number of carbonyl (C=O) groups excluding carboxylic acids is 1. The Bertz CT molecular complexity index is 1360. The molecule has 39 heavy (non-hydrogen) atoms. The Labute approximate surface area is 247 Å². The molecule has 0 N–H and O–H groups in total. The lowest BCUT2D eigenvalue weighted by Crippen LogP contribution is -2.24. The number of esters is 1. The third-order valence-electron chi connectivity index (χ3n) is 4.73. The Balaban J connectivity index is 0.000000230. The van der Waals surface area contributed by atoms with E-state index in [1.807, 2.05) is 60.7 Å². The average molecular weight is 608 g/mol. The van der Waals surface area contributed by atoms with Crippen molar-refractivity contribution in [3.05, 3.63) is 116 Å². The van der Waals surface area contributed by atoms with Gasteiger partial charge in [-0.3, -0.25) is 0 Å². The van der Waals surface area contributed by atoms with E-state index in [0.29, 0.717) is 22.7 Å². The van der Waals surface area contributed by atoms with Gasteiger partial charge in [0.2, 0.25) is 0 Å². The fourth-order valence-electron chi connectivity index (χ4n) is 3.09. The first-order chi connectivity index (χ1) is 18.5. The van der Waals surface area contributed by atoms with Crippen molar-refractivity contribution >= 4 is 52.4 Å². The molecule has 10 heteroatoms. The first kappa shape index (κ1) is 30.5. The van der Waals surface area contributed by atoms with Crippen LogP contribution in [0.15, 0.2) is 78.9 Å². The highest BCUT2D eigenvalue weighted by atomic mass is 35.5. The van der Waals surface area contributed by atoms with E-state index in [0.717, 1.165) is 11.1 Å². The van der Waals surface area contributed by atoms with Crippen LogP contribution in [0, 0.1) is 0 Å². The van der Waals surface area contributed by atoms with Crippen molar-refractivity contribution in [2.24, 2.45) is 0 Å². The topological polar surface area (TPSA) is 70.5 Å². The van der Waals surface area contributed by atoms with Crippen molar-refractivity contribution in [2.75, 3.05) is 0 Å². The van der Waals surface area contributed by atoms with E-state index in [2.05, 4.69) is 9.97 Å². The van der Waals surface area contributed by atoms with Crippen LogP contribution >= 0.6 is 46.4 Å². The molecule has 0 aliphatic rings. The van der Waals surface area contributed by atoms with Crippen LogP contribution in [0.1, 0.15) is 42.3 Å². The number of halogens is 4. The molecule has 6 nitrogen and oxygen atoms in total. The number of hydrogen-bond donors (Lipinski definition) is 0. The minimum Gasteiger partial charge on any atom is -0.489 e. The van der Waals surface area contributed by atoms with Crippen LogP contribution in [0.4, 0.5) is 0 Å². The summed E-state index contributed by atoms with van der Waals surface area (Å²) in [7, 11) is 0. The summed E-state index contributed by atoms with van der Waals surface area (Å²) in [5.41, 5.74) is 1.46. The van der Waals surface area contributed by atoms with Crippen LogP contribution in [-0.2, 0) is 18.0 Å². The lowest BCUT2D eigenvalue weighted by molar-refractivity contribution is 0.00652. The second kappa shape index (κ2) is 14.4. The third kappa shape index (κ3) is 10.6. The zero-order valence-electron chi connectivity index (χ0n) is 21.5. The van der Waals surface area contributed by atoms with Gasteiger partial charge in [-0.1, -0.05) is 107 Å². The molecule has 2 aromatic carbocycles. The molecule has 0 atom stereocenters. The maximum absolute atomic E-state index is 12.4. The molecule has 0 amide bonds. The molecule has 4 aromatic rings. The van der Waals surface area contributed by atoms with Gasteiger partial charge in [-0.2, -0.15) is 0 Å². The highest BCUT2D eigenvalue weighted by Gasteiger charge is 2.25. The zero-order valence-corrected chi connectivity index (χ0v) is 24.5. The quantitative estimate of drug-likeness (QED) is 0.154. The first-order valence-electron chi connectivity index (χ1n) is 11.8. The summed E-state index contributed by atoms with van der Waals surface area (Å²) in [5, 5.41) is 0.756. The van der Waals surface area contributed by atoms with E-state index in [1.54, 1.807) is 32.9 Å². The number of ether oxygens (including phenoxy) is 3. The Hall–Kier alpha value is -3.03. The SMILES string of the molecule is CC(C)(C)OC(=O)c1c(OCc2ccccc2)cc(Cl)nc1Cl.Clc1cc(OCc2ccccc2)cc(Cl)n1. The summed E-state index contributed by atoms with van der Waals surface area (Å²) in [6.45, 7) is 6.07. The predicted molar refractivity (Wildman–Crippen MR) is 155 cm³/mol. The number of benzene rings is 2. The van der Waals surface area contributed by atoms with E-state index < -0.39 is 11.6 Å². The van der Waals surface area contributed by atoms with E-state index in [-0.39, 0.29) is 28.2 Å². The summed E-state index contributed by atoms with van der Waals surface area (Å²) in [4.78, 5) is 20.1. The summed E-state index contributed by atoms with van der Waals surface area (Å²) in [6, 6.07) is 24.1. The number of hydrogen-bond acceptors (Lipinski definition) is 6.